The quantitative estimate of drug-likeness (QED) is 0.463. The second kappa shape index (κ2) is 6.16. The highest BCUT2D eigenvalue weighted by Gasteiger charge is 2.18. The van der Waals surface area contributed by atoms with Crippen LogP contribution in [0.2, 0.25) is 15.1 Å². The number of nitro benzene ring substituents is 1. The van der Waals surface area contributed by atoms with Gasteiger partial charge in [-0.1, -0.05) is 40.0 Å². The van der Waals surface area contributed by atoms with E-state index in [2.05, 4.69) is 10.1 Å². The first-order valence-electron chi connectivity index (χ1n) is 6.19. The first-order chi connectivity index (χ1) is 11.0. The molecule has 6 nitrogen and oxygen atoms in total. The van der Waals surface area contributed by atoms with Crippen LogP contribution < -0.4 is 0 Å². The fourth-order valence-electron chi connectivity index (χ4n) is 1.90. The van der Waals surface area contributed by atoms with Crippen molar-refractivity contribution in [2.24, 2.45) is 0 Å². The monoisotopic (exact) mass is 369 g/mol. The average molecular weight is 371 g/mol. The minimum atomic E-state index is -0.586. The van der Waals surface area contributed by atoms with Crippen molar-refractivity contribution in [3.63, 3.8) is 0 Å². The number of halogens is 3. The number of benzene rings is 2. The smallest absolute Gasteiger partial charge is 0.288 e. The van der Waals surface area contributed by atoms with E-state index in [0.717, 1.165) is 0 Å². The molecule has 3 aromatic rings. The van der Waals surface area contributed by atoms with Crippen molar-refractivity contribution in [2.75, 3.05) is 0 Å². The molecule has 0 spiro atoms. The van der Waals surface area contributed by atoms with Gasteiger partial charge in [-0.3, -0.25) is 10.1 Å². The lowest BCUT2D eigenvalue weighted by Crippen LogP contribution is -1.90. The maximum absolute atomic E-state index is 10.9. The normalized spacial score (nSPS) is 10.7. The molecule has 0 aliphatic carbocycles. The number of hydrogen-bond acceptors (Lipinski definition) is 5. The number of rotatable bonds is 3. The highest BCUT2D eigenvalue weighted by Crippen LogP contribution is 2.32. The Balaban J connectivity index is 2.04. The molecule has 0 atom stereocenters. The molecule has 0 N–H and O–H groups in total. The van der Waals surface area contributed by atoms with E-state index < -0.39 is 4.92 Å². The molecule has 0 saturated heterocycles. The molecule has 0 unspecified atom stereocenters. The maximum Gasteiger partial charge on any atom is 0.288 e. The van der Waals surface area contributed by atoms with Gasteiger partial charge in [0.1, 0.15) is 5.02 Å². The van der Waals surface area contributed by atoms with Gasteiger partial charge in [0.25, 0.3) is 11.6 Å². The molecule has 0 aliphatic rings. The van der Waals surface area contributed by atoms with Gasteiger partial charge in [0, 0.05) is 22.2 Å². The summed E-state index contributed by atoms with van der Waals surface area (Å²) in [6.45, 7) is 0. The molecule has 1 aromatic heterocycles. The van der Waals surface area contributed by atoms with Crippen molar-refractivity contribution in [1.82, 2.24) is 10.1 Å². The fourth-order valence-corrected chi connectivity index (χ4v) is 2.47. The summed E-state index contributed by atoms with van der Waals surface area (Å²) in [5.41, 5.74) is 0.625. The minimum absolute atomic E-state index is 0.0244. The zero-order valence-electron chi connectivity index (χ0n) is 11.2. The third-order valence-corrected chi connectivity index (χ3v) is 3.87. The Morgan fingerprint density at radius 1 is 1.04 bits per heavy atom. The molecule has 0 amide bonds. The van der Waals surface area contributed by atoms with Crippen molar-refractivity contribution < 1.29 is 9.45 Å². The Bertz CT molecular complexity index is 911. The average Bonchev–Trinajstić information content (AvgIpc) is 2.99. The van der Waals surface area contributed by atoms with Crippen LogP contribution in [0.1, 0.15) is 0 Å². The SMILES string of the molecule is O=[N+]([O-])c1cc(-c2nc(-c3cc(Cl)ccc3Cl)no2)ccc1Cl. The van der Waals surface area contributed by atoms with Crippen LogP contribution in [0.15, 0.2) is 40.9 Å². The van der Waals surface area contributed by atoms with Gasteiger partial charge in [-0.15, -0.1) is 0 Å². The van der Waals surface area contributed by atoms with E-state index >= 15 is 0 Å². The van der Waals surface area contributed by atoms with Crippen LogP contribution in [0.5, 0.6) is 0 Å². The summed E-state index contributed by atoms with van der Waals surface area (Å²) in [5.74, 6) is 0.334. The molecular weight excluding hydrogens is 365 g/mol. The Labute approximate surface area is 144 Å². The summed E-state index contributed by atoms with van der Waals surface area (Å²) in [5, 5.41) is 15.7. The van der Waals surface area contributed by atoms with Gasteiger partial charge in [-0.25, -0.2) is 0 Å². The van der Waals surface area contributed by atoms with Gasteiger partial charge in [-0.2, -0.15) is 4.98 Å². The van der Waals surface area contributed by atoms with Crippen molar-refractivity contribution in [3.05, 3.63) is 61.6 Å². The lowest BCUT2D eigenvalue weighted by Gasteiger charge is -1.99. The minimum Gasteiger partial charge on any atom is -0.334 e. The number of aromatic nitrogens is 2. The Morgan fingerprint density at radius 2 is 1.78 bits per heavy atom. The summed E-state index contributed by atoms with van der Waals surface area (Å²) >= 11 is 17.8. The topological polar surface area (TPSA) is 82.1 Å². The molecule has 9 heteroatoms. The summed E-state index contributed by atoms with van der Waals surface area (Å²) in [6, 6.07) is 9.05. The third-order valence-electron chi connectivity index (χ3n) is 2.99. The molecule has 0 radical (unpaired) electrons. The van der Waals surface area contributed by atoms with Crippen LogP contribution in [-0.4, -0.2) is 15.1 Å². The summed E-state index contributed by atoms with van der Waals surface area (Å²) in [4.78, 5) is 14.5. The van der Waals surface area contributed by atoms with Crippen molar-refractivity contribution >= 4 is 40.5 Å². The van der Waals surface area contributed by atoms with Crippen LogP contribution in [0.3, 0.4) is 0 Å². The summed E-state index contributed by atoms with van der Waals surface area (Å²) in [6.07, 6.45) is 0. The highest BCUT2D eigenvalue weighted by atomic mass is 35.5. The first-order valence-corrected chi connectivity index (χ1v) is 7.32. The van der Waals surface area contributed by atoms with E-state index in [1.54, 1.807) is 24.3 Å². The molecule has 3 rings (SSSR count). The molecule has 0 saturated carbocycles. The Hall–Kier alpha value is -2.15. The van der Waals surface area contributed by atoms with E-state index in [0.29, 0.717) is 21.2 Å². The third kappa shape index (κ3) is 3.14. The van der Waals surface area contributed by atoms with Crippen molar-refractivity contribution in [3.8, 4) is 22.8 Å². The fraction of sp³-hybridized carbons (Fsp3) is 0. The summed E-state index contributed by atoms with van der Waals surface area (Å²) < 4.78 is 5.15. The maximum atomic E-state index is 10.9. The number of nitro groups is 1. The molecule has 2 aromatic carbocycles. The predicted octanol–water partition coefficient (Wildman–Crippen LogP) is 5.27. The van der Waals surface area contributed by atoms with Crippen LogP contribution in [-0.2, 0) is 0 Å². The molecule has 1 heterocycles. The first kappa shape index (κ1) is 15.7. The van der Waals surface area contributed by atoms with E-state index in [4.69, 9.17) is 39.3 Å². The van der Waals surface area contributed by atoms with Gasteiger partial charge >= 0.3 is 0 Å². The van der Waals surface area contributed by atoms with E-state index in [1.807, 2.05) is 0 Å². The molecule has 0 aliphatic heterocycles. The highest BCUT2D eigenvalue weighted by molar-refractivity contribution is 6.35. The van der Waals surface area contributed by atoms with Gasteiger partial charge in [0.05, 0.1) is 9.95 Å². The van der Waals surface area contributed by atoms with E-state index in [1.165, 1.54) is 12.1 Å². The largest absolute Gasteiger partial charge is 0.334 e. The van der Waals surface area contributed by atoms with Crippen LogP contribution in [0, 0.1) is 10.1 Å². The predicted molar refractivity (Wildman–Crippen MR) is 86.9 cm³/mol. The Morgan fingerprint density at radius 3 is 2.52 bits per heavy atom. The molecule has 23 heavy (non-hydrogen) atoms. The van der Waals surface area contributed by atoms with Crippen molar-refractivity contribution in [1.29, 1.82) is 0 Å². The van der Waals surface area contributed by atoms with Gasteiger partial charge in [0.15, 0.2) is 0 Å². The molecular formula is C14H6Cl3N3O3. The Kier molecular flexibility index (Phi) is 4.21. The summed E-state index contributed by atoms with van der Waals surface area (Å²) in [7, 11) is 0. The van der Waals surface area contributed by atoms with Gasteiger partial charge in [0.2, 0.25) is 5.82 Å². The zero-order valence-corrected chi connectivity index (χ0v) is 13.4. The van der Waals surface area contributed by atoms with Crippen LogP contribution >= 0.6 is 34.8 Å². The van der Waals surface area contributed by atoms with Crippen LogP contribution in [0.4, 0.5) is 5.69 Å². The second-order valence-electron chi connectivity index (χ2n) is 4.47. The van der Waals surface area contributed by atoms with Crippen molar-refractivity contribution in [2.45, 2.75) is 0 Å². The zero-order chi connectivity index (χ0) is 16.6. The number of nitrogens with zero attached hydrogens (tertiary/aromatic N) is 3. The lowest BCUT2D eigenvalue weighted by atomic mass is 10.2. The molecule has 0 bridgehead atoms. The van der Waals surface area contributed by atoms with E-state index in [9.17, 15) is 10.1 Å². The lowest BCUT2D eigenvalue weighted by molar-refractivity contribution is -0.384. The second-order valence-corrected chi connectivity index (χ2v) is 5.72. The van der Waals surface area contributed by atoms with Gasteiger partial charge in [-0.05, 0) is 30.3 Å². The molecule has 116 valence electrons. The molecule has 0 fully saturated rings. The standard InChI is InChI=1S/C14H6Cl3N3O3/c15-8-2-4-10(16)9(6-8)13-18-14(23-19-13)7-1-3-11(17)12(5-7)20(21)22/h1-6H. The number of hydrogen-bond donors (Lipinski definition) is 0. The van der Waals surface area contributed by atoms with E-state index in [-0.39, 0.29) is 22.4 Å². The van der Waals surface area contributed by atoms with Crippen LogP contribution in [0.25, 0.3) is 22.8 Å². The van der Waals surface area contributed by atoms with Gasteiger partial charge < -0.3 is 4.52 Å².